The zero-order valence-electron chi connectivity index (χ0n) is 11.3. The maximum atomic E-state index is 10.4. The van der Waals surface area contributed by atoms with E-state index >= 15 is 0 Å². The lowest BCUT2D eigenvalue weighted by molar-refractivity contribution is -0.189. The number of ether oxygens (including phenoxy) is 1. The number of nitrogens with zero attached hydrogens (tertiary/aromatic N) is 1. The zero-order valence-corrected chi connectivity index (χ0v) is 11.3. The molecule has 0 amide bonds. The Bertz CT molecular complexity index is 476. The summed E-state index contributed by atoms with van der Waals surface area (Å²) in [6.07, 6.45) is 2.05. The van der Waals surface area contributed by atoms with Crippen molar-refractivity contribution in [1.82, 2.24) is 4.90 Å². The summed E-state index contributed by atoms with van der Waals surface area (Å²) in [6.45, 7) is 1.90. The molecule has 2 N–H and O–H groups in total. The first kappa shape index (κ1) is 12.9. The van der Waals surface area contributed by atoms with E-state index < -0.39 is 11.9 Å². The zero-order chi connectivity index (χ0) is 13.5. The summed E-state index contributed by atoms with van der Waals surface area (Å²) in [5, 5.41) is 20.3. The fraction of sp³-hybridized carbons (Fsp3) is 0.600. The van der Waals surface area contributed by atoms with Crippen molar-refractivity contribution in [2.45, 2.75) is 44.1 Å². The van der Waals surface area contributed by atoms with Gasteiger partial charge in [-0.15, -0.1) is 0 Å². The molecule has 0 aromatic heterocycles. The Balaban J connectivity index is 1.88. The van der Waals surface area contributed by atoms with Crippen LogP contribution in [-0.4, -0.2) is 40.6 Å². The van der Waals surface area contributed by atoms with Crippen LogP contribution in [0.15, 0.2) is 18.2 Å². The number of fused-ring (bicyclic) bond motifs is 1. The Morgan fingerprint density at radius 2 is 2.26 bits per heavy atom. The van der Waals surface area contributed by atoms with Gasteiger partial charge < -0.3 is 19.8 Å². The number of rotatable bonds is 2. The van der Waals surface area contributed by atoms with Crippen molar-refractivity contribution in [1.29, 1.82) is 0 Å². The highest BCUT2D eigenvalue weighted by Crippen LogP contribution is 2.36. The van der Waals surface area contributed by atoms with Gasteiger partial charge in [0, 0.05) is 25.1 Å². The van der Waals surface area contributed by atoms with Crippen molar-refractivity contribution in [3.8, 4) is 5.75 Å². The topological polar surface area (TPSA) is 52.9 Å². The van der Waals surface area contributed by atoms with Gasteiger partial charge in [-0.25, -0.2) is 0 Å². The van der Waals surface area contributed by atoms with Crippen LogP contribution < -0.4 is 4.74 Å². The first-order valence-corrected chi connectivity index (χ1v) is 6.97. The molecule has 0 bridgehead atoms. The van der Waals surface area contributed by atoms with Crippen LogP contribution in [0.2, 0.25) is 0 Å². The minimum absolute atomic E-state index is 0.498. The van der Waals surface area contributed by atoms with E-state index in [0.717, 1.165) is 31.7 Å². The van der Waals surface area contributed by atoms with Gasteiger partial charge in [0.1, 0.15) is 11.9 Å². The largest absolute Gasteiger partial charge is 0.459 e. The third kappa shape index (κ3) is 2.36. The van der Waals surface area contributed by atoms with Gasteiger partial charge >= 0.3 is 0 Å². The van der Waals surface area contributed by atoms with Gasteiger partial charge in [0.15, 0.2) is 0 Å². The van der Waals surface area contributed by atoms with Crippen molar-refractivity contribution < 1.29 is 14.9 Å². The van der Waals surface area contributed by atoms with E-state index in [1.165, 1.54) is 11.1 Å². The summed E-state index contributed by atoms with van der Waals surface area (Å²) < 4.78 is 5.80. The predicted molar refractivity (Wildman–Crippen MR) is 71.9 cm³/mol. The highest BCUT2D eigenvalue weighted by Gasteiger charge is 2.43. The molecule has 1 saturated carbocycles. The van der Waals surface area contributed by atoms with E-state index in [9.17, 15) is 10.2 Å². The predicted octanol–water partition coefficient (Wildman–Crippen LogP) is 1.29. The molecule has 1 heterocycles. The van der Waals surface area contributed by atoms with Crippen molar-refractivity contribution in [3.63, 3.8) is 0 Å². The Kier molecular flexibility index (Phi) is 3.25. The lowest BCUT2D eigenvalue weighted by Crippen LogP contribution is -2.43. The standard InChI is InChI=1S/C15H21NO3/c1-16-9-7-12-11(10-16)4-2-5-13(12)19-15(18)8-3-6-14(15)17/h2,4-5,14,17-18H,3,6-10H2,1H3. The fourth-order valence-corrected chi connectivity index (χ4v) is 3.06. The molecule has 0 spiro atoms. The van der Waals surface area contributed by atoms with Gasteiger partial charge in [0.05, 0.1) is 0 Å². The van der Waals surface area contributed by atoms with E-state index in [-0.39, 0.29) is 0 Å². The van der Waals surface area contributed by atoms with Gasteiger partial charge in [0.2, 0.25) is 5.79 Å². The third-order valence-electron chi connectivity index (χ3n) is 4.23. The summed E-state index contributed by atoms with van der Waals surface area (Å²) >= 11 is 0. The van der Waals surface area contributed by atoms with Crippen LogP contribution >= 0.6 is 0 Å². The Labute approximate surface area is 113 Å². The normalized spacial score (nSPS) is 31.2. The van der Waals surface area contributed by atoms with Crippen LogP contribution in [0.3, 0.4) is 0 Å². The summed E-state index contributed by atoms with van der Waals surface area (Å²) in [6, 6.07) is 5.96. The number of aliphatic hydroxyl groups is 2. The average Bonchev–Trinajstić information content (AvgIpc) is 2.69. The quantitative estimate of drug-likeness (QED) is 0.789. The van der Waals surface area contributed by atoms with Gasteiger partial charge in [-0.3, -0.25) is 0 Å². The van der Waals surface area contributed by atoms with Crippen LogP contribution in [0.5, 0.6) is 5.75 Å². The lowest BCUT2D eigenvalue weighted by atomic mass is 9.99. The van der Waals surface area contributed by atoms with E-state index in [4.69, 9.17) is 4.74 Å². The summed E-state index contributed by atoms with van der Waals surface area (Å²) in [5.74, 6) is -0.674. The Hall–Kier alpha value is -1.10. The van der Waals surface area contributed by atoms with Crippen molar-refractivity contribution >= 4 is 0 Å². The average molecular weight is 263 g/mol. The molecule has 1 aromatic carbocycles. The number of hydrogen-bond acceptors (Lipinski definition) is 4. The molecule has 19 heavy (non-hydrogen) atoms. The van der Waals surface area contributed by atoms with Crippen LogP contribution in [0, 0.1) is 0 Å². The molecule has 1 aliphatic heterocycles. The molecule has 0 radical (unpaired) electrons. The summed E-state index contributed by atoms with van der Waals surface area (Å²) in [5.41, 5.74) is 2.43. The molecule has 2 aliphatic rings. The van der Waals surface area contributed by atoms with Crippen LogP contribution in [0.25, 0.3) is 0 Å². The molecule has 1 aromatic rings. The van der Waals surface area contributed by atoms with E-state index in [2.05, 4.69) is 18.0 Å². The van der Waals surface area contributed by atoms with E-state index in [1.807, 2.05) is 12.1 Å². The van der Waals surface area contributed by atoms with Gasteiger partial charge in [-0.2, -0.15) is 0 Å². The maximum absolute atomic E-state index is 10.4. The Morgan fingerprint density at radius 1 is 1.42 bits per heavy atom. The van der Waals surface area contributed by atoms with Crippen LogP contribution in [0.4, 0.5) is 0 Å². The second kappa shape index (κ2) is 4.78. The van der Waals surface area contributed by atoms with Gasteiger partial charge in [-0.1, -0.05) is 12.1 Å². The molecule has 2 unspecified atom stereocenters. The van der Waals surface area contributed by atoms with Gasteiger partial charge in [0.25, 0.3) is 0 Å². The minimum atomic E-state index is -1.40. The highest BCUT2D eigenvalue weighted by molar-refractivity contribution is 5.42. The molecule has 4 nitrogen and oxygen atoms in total. The number of likely N-dealkylation sites (N-methyl/N-ethyl adjacent to an activating group) is 1. The van der Waals surface area contributed by atoms with Crippen molar-refractivity contribution in [2.24, 2.45) is 0 Å². The van der Waals surface area contributed by atoms with E-state index in [0.29, 0.717) is 12.8 Å². The molecule has 1 fully saturated rings. The summed E-state index contributed by atoms with van der Waals surface area (Å²) in [4.78, 5) is 2.27. The van der Waals surface area contributed by atoms with Crippen molar-refractivity contribution in [2.75, 3.05) is 13.6 Å². The SMILES string of the molecule is CN1CCc2c(cccc2OC2(O)CCCC2O)C1. The first-order valence-electron chi connectivity index (χ1n) is 6.97. The summed E-state index contributed by atoms with van der Waals surface area (Å²) in [7, 11) is 2.10. The third-order valence-corrected chi connectivity index (χ3v) is 4.23. The fourth-order valence-electron chi connectivity index (χ4n) is 3.06. The molecule has 4 heteroatoms. The van der Waals surface area contributed by atoms with Crippen molar-refractivity contribution in [3.05, 3.63) is 29.3 Å². The number of aliphatic hydroxyl groups excluding tert-OH is 1. The molecule has 3 rings (SSSR count). The van der Waals surface area contributed by atoms with Crippen LogP contribution in [-0.2, 0) is 13.0 Å². The second-order valence-electron chi connectivity index (χ2n) is 5.74. The smallest absolute Gasteiger partial charge is 0.234 e. The molecule has 2 atom stereocenters. The second-order valence-corrected chi connectivity index (χ2v) is 5.74. The first-order chi connectivity index (χ1) is 9.08. The van der Waals surface area contributed by atoms with Gasteiger partial charge in [-0.05, 0) is 37.9 Å². The Morgan fingerprint density at radius 3 is 3.00 bits per heavy atom. The number of hydrogen-bond donors (Lipinski definition) is 2. The maximum Gasteiger partial charge on any atom is 0.234 e. The number of benzene rings is 1. The minimum Gasteiger partial charge on any atom is -0.459 e. The molecule has 1 aliphatic carbocycles. The lowest BCUT2D eigenvalue weighted by Gasteiger charge is -2.31. The molecular weight excluding hydrogens is 242 g/mol. The van der Waals surface area contributed by atoms with E-state index in [1.54, 1.807) is 0 Å². The molecule has 0 saturated heterocycles. The monoisotopic (exact) mass is 263 g/mol. The molecular formula is C15H21NO3. The molecule has 104 valence electrons. The highest BCUT2D eigenvalue weighted by atomic mass is 16.6. The van der Waals surface area contributed by atoms with Crippen LogP contribution in [0.1, 0.15) is 30.4 Å².